The standard InChI is InChI=1S/C15H18FNO2/c1-11-9-12(4-5-14(11)16)15(18)6-7-17-10-13-3-2-8-19-13/h2-5,8-9,15,17-18H,6-7,10H2,1H3. The van der Waals surface area contributed by atoms with Crippen LogP contribution >= 0.6 is 0 Å². The van der Waals surface area contributed by atoms with Crippen molar-refractivity contribution in [2.24, 2.45) is 0 Å². The third kappa shape index (κ3) is 3.91. The summed E-state index contributed by atoms with van der Waals surface area (Å²) >= 11 is 0. The molecular formula is C15H18FNO2. The molecule has 0 saturated carbocycles. The Kier molecular flexibility index (Phi) is 4.71. The van der Waals surface area contributed by atoms with Crippen LogP contribution in [0.1, 0.15) is 29.4 Å². The van der Waals surface area contributed by atoms with Gasteiger partial charge in [0.2, 0.25) is 0 Å². The van der Waals surface area contributed by atoms with E-state index in [2.05, 4.69) is 5.32 Å². The van der Waals surface area contributed by atoms with Crippen molar-refractivity contribution in [2.45, 2.75) is 26.0 Å². The molecule has 0 fully saturated rings. The second-order valence-corrected chi connectivity index (χ2v) is 4.57. The smallest absolute Gasteiger partial charge is 0.126 e. The van der Waals surface area contributed by atoms with Crippen LogP contribution in [0.5, 0.6) is 0 Å². The number of benzene rings is 1. The number of halogens is 1. The highest BCUT2D eigenvalue weighted by Crippen LogP contribution is 2.19. The third-order valence-corrected chi connectivity index (χ3v) is 3.04. The van der Waals surface area contributed by atoms with Crippen LogP contribution < -0.4 is 5.32 Å². The Labute approximate surface area is 112 Å². The van der Waals surface area contributed by atoms with Gasteiger partial charge in [0.1, 0.15) is 11.6 Å². The van der Waals surface area contributed by atoms with Gasteiger partial charge in [0.05, 0.1) is 18.9 Å². The molecule has 0 aliphatic heterocycles. The molecule has 0 spiro atoms. The fourth-order valence-electron chi connectivity index (χ4n) is 1.91. The van der Waals surface area contributed by atoms with Crippen LogP contribution in [-0.4, -0.2) is 11.7 Å². The Hall–Kier alpha value is -1.65. The molecule has 19 heavy (non-hydrogen) atoms. The van der Waals surface area contributed by atoms with E-state index in [9.17, 15) is 9.50 Å². The minimum atomic E-state index is -0.580. The zero-order valence-corrected chi connectivity index (χ0v) is 10.9. The van der Waals surface area contributed by atoms with Gasteiger partial charge >= 0.3 is 0 Å². The van der Waals surface area contributed by atoms with Gasteiger partial charge in [0, 0.05) is 0 Å². The van der Waals surface area contributed by atoms with Crippen LogP contribution in [0.25, 0.3) is 0 Å². The topological polar surface area (TPSA) is 45.4 Å². The summed E-state index contributed by atoms with van der Waals surface area (Å²) in [7, 11) is 0. The van der Waals surface area contributed by atoms with Crippen LogP contribution in [0.4, 0.5) is 4.39 Å². The molecule has 0 aliphatic carbocycles. The molecule has 0 radical (unpaired) electrons. The van der Waals surface area contributed by atoms with Crippen LogP contribution in [0.15, 0.2) is 41.0 Å². The highest BCUT2D eigenvalue weighted by atomic mass is 19.1. The number of aliphatic hydroxyl groups excluding tert-OH is 1. The van der Waals surface area contributed by atoms with Gasteiger partial charge in [0.15, 0.2) is 0 Å². The first kappa shape index (κ1) is 13.8. The number of furan rings is 1. The fourth-order valence-corrected chi connectivity index (χ4v) is 1.91. The Morgan fingerprint density at radius 3 is 2.89 bits per heavy atom. The predicted octanol–water partition coefficient (Wildman–Crippen LogP) is 2.94. The molecule has 1 aromatic heterocycles. The number of hydrogen-bond acceptors (Lipinski definition) is 3. The van der Waals surface area contributed by atoms with E-state index in [1.165, 1.54) is 6.07 Å². The number of aliphatic hydroxyl groups is 1. The minimum absolute atomic E-state index is 0.244. The second kappa shape index (κ2) is 6.50. The van der Waals surface area contributed by atoms with E-state index in [0.717, 1.165) is 11.3 Å². The lowest BCUT2D eigenvalue weighted by Gasteiger charge is -2.12. The van der Waals surface area contributed by atoms with Crippen molar-refractivity contribution in [1.29, 1.82) is 0 Å². The third-order valence-electron chi connectivity index (χ3n) is 3.04. The first-order valence-corrected chi connectivity index (χ1v) is 6.34. The molecule has 4 heteroatoms. The SMILES string of the molecule is Cc1cc(C(O)CCNCc2ccco2)ccc1F. The first-order chi connectivity index (χ1) is 9.16. The summed E-state index contributed by atoms with van der Waals surface area (Å²) in [5, 5.41) is 13.2. The number of hydrogen-bond donors (Lipinski definition) is 2. The lowest BCUT2D eigenvalue weighted by molar-refractivity contribution is 0.166. The summed E-state index contributed by atoms with van der Waals surface area (Å²) in [6, 6.07) is 8.44. The molecule has 0 aliphatic rings. The van der Waals surface area contributed by atoms with Crippen molar-refractivity contribution in [1.82, 2.24) is 5.32 Å². The van der Waals surface area contributed by atoms with Crippen molar-refractivity contribution in [3.05, 3.63) is 59.3 Å². The normalized spacial score (nSPS) is 12.6. The molecule has 0 saturated heterocycles. The second-order valence-electron chi connectivity index (χ2n) is 4.57. The largest absolute Gasteiger partial charge is 0.468 e. The molecule has 1 unspecified atom stereocenters. The maximum Gasteiger partial charge on any atom is 0.126 e. The summed E-state index contributed by atoms with van der Waals surface area (Å²) in [5.41, 5.74) is 1.30. The average Bonchev–Trinajstić information content (AvgIpc) is 2.91. The summed E-state index contributed by atoms with van der Waals surface area (Å²) in [5.74, 6) is 0.624. The molecule has 1 aromatic carbocycles. The van der Waals surface area contributed by atoms with Gasteiger partial charge in [-0.15, -0.1) is 0 Å². The molecule has 3 nitrogen and oxygen atoms in total. The van der Waals surface area contributed by atoms with Gasteiger partial charge in [0.25, 0.3) is 0 Å². The molecule has 2 N–H and O–H groups in total. The van der Waals surface area contributed by atoms with Gasteiger partial charge in [-0.1, -0.05) is 12.1 Å². The molecule has 0 amide bonds. The van der Waals surface area contributed by atoms with Gasteiger partial charge in [-0.25, -0.2) is 4.39 Å². The van der Waals surface area contributed by atoms with Gasteiger partial charge in [-0.3, -0.25) is 0 Å². The van der Waals surface area contributed by atoms with E-state index in [4.69, 9.17) is 4.42 Å². The monoisotopic (exact) mass is 263 g/mol. The Morgan fingerprint density at radius 1 is 1.37 bits per heavy atom. The number of aryl methyl sites for hydroxylation is 1. The van der Waals surface area contributed by atoms with E-state index in [-0.39, 0.29) is 5.82 Å². The van der Waals surface area contributed by atoms with Crippen molar-refractivity contribution < 1.29 is 13.9 Å². The Morgan fingerprint density at radius 2 is 2.21 bits per heavy atom. The highest BCUT2D eigenvalue weighted by Gasteiger charge is 2.09. The summed E-state index contributed by atoms with van der Waals surface area (Å²) in [4.78, 5) is 0. The van der Waals surface area contributed by atoms with E-state index in [1.807, 2.05) is 12.1 Å². The Balaban J connectivity index is 1.77. The van der Waals surface area contributed by atoms with E-state index in [0.29, 0.717) is 25.1 Å². The zero-order valence-electron chi connectivity index (χ0n) is 10.9. The Bertz CT molecular complexity index is 511. The van der Waals surface area contributed by atoms with E-state index >= 15 is 0 Å². The van der Waals surface area contributed by atoms with Gasteiger partial charge in [-0.05, 0) is 49.2 Å². The quantitative estimate of drug-likeness (QED) is 0.788. The molecule has 1 atom stereocenters. The summed E-state index contributed by atoms with van der Waals surface area (Å²) in [6.07, 6.45) is 1.63. The van der Waals surface area contributed by atoms with E-state index < -0.39 is 6.10 Å². The number of rotatable bonds is 6. The lowest BCUT2D eigenvalue weighted by atomic mass is 10.0. The lowest BCUT2D eigenvalue weighted by Crippen LogP contribution is -2.17. The van der Waals surface area contributed by atoms with Crippen molar-refractivity contribution in [3.8, 4) is 0 Å². The molecule has 2 aromatic rings. The minimum Gasteiger partial charge on any atom is -0.468 e. The van der Waals surface area contributed by atoms with Crippen LogP contribution in [-0.2, 0) is 6.54 Å². The molecule has 1 heterocycles. The molecular weight excluding hydrogens is 245 g/mol. The summed E-state index contributed by atoms with van der Waals surface area (Å²) in [6.45, 7) is 3.00. The van der Waals surface area contributed by atoms with Crippen LogP contribution in [0.3, 0.4) is 0 Å². The van der Waals surface area contributed by atoms with Crippen LogP contribution in [0.2, 0.25) is 0 Å². The maximum atomic E-state index is 13.1. The van der Waals surface area contributed by atoms with Crippen LogP contribution in [0, 0.1) is 12.7 Å². The highest BCUT2D eigenvalue weighted by molar-refractivity contribution is 5.25. The molecule has 0 bridgehead atoms. The van der Waals surface area contributed by atoms with Gasteiger partial charge < -0.3 is 14.8 Å². The zero-order chi connectivity index (χ0) is 13.7. The summed E-state index contributed by atoms with van der Waals surface area (Å²) < 4.78 is 18.3. The predicted molar refractivity (Wildman–Crippen MR) is 71.1 cm³/mol. The average molecular weight is 263 g/mol. The first-order valence-electron chi connectivity index (χ1n) is 6.34. The van der Waals surface area contributed by atoms with Gasteiger partial charge in [-0.2, -0.15) is 0 Å². The van der Waals surface area contributed by atoms with E-state index in [1.54, 1.807) is 25.3 Å². The number of nitrogens with one attached hydrogen (secondary N) is 1. The molecule has 2 rings (SSSR count). The maximum absolute atomic E-state index is 13.1. The van der Waals surface area contributed by atoms with Crippen molar-refractivity contribution >= 4 is 0 Å². The van der Waals surface area contributed by atoms with Crippen molar-refractivity contribution in [3.63, 3.8) is 0 Å². The fraction of sp³-hybridized carbons (Fsp3) is 0.333. The van der Waals surface area contributed by atoms with Crippen molar-refractivity contribution in [2.75, 3.05) is 6.54 Å². The molecule has 102 valence electrons.